The van der Waals surface area contributed by atoms with Crippen molar-refractivity contribution in [3.05, 3.63) is 23.3 Å². The molecular weight excluding hydrogens is 438 g/mol. The van der Waals surface area contributed by atoms with Crippen molar-refractivity contribution >= 4 is 23.5 Å². The number of nitrogens with zero attached hydrogens (tertiary/aromatic N) is 1. The monoisotopic (exact) mass is 468 g/mol. The summed E-state index contributed by atoms with van der Waals surface area (Å²) in [6.07, 6.45) is 0.375. The van der Waals surface area contributed by atoms with Crippen LogP contribution in [0.3, 0.4) is 0 Å². The van der Waals surface area contributed by atoms with Crippen molar-refractivity contribution in [2.24, 2.45) is 5.41 Å². The van der Waals surface area contributed by atoms with Crippen molar-refractivity contribution < 1.29 is 37.4 Å². The van der Waals surface area contributed by atoms with Crippen LogP contribution >= 0.6 is 0 Å². The fraction of sp³-hybridized carbons (Fsp3) is 0.609. The van der Waals surface area contributed by atoms with Crippen LogP contribution in [0.25, 0.3) is 0 Å². The largest absolute Gasteiger partial charge is 0.491 e. The van der Waals surface area contributed by atoms with E-state index < -0.39 is 52.8 Å². The van der Waals surface area contributed by atoms with Gasteiger partial charge in [0, 0.05) is 18.5 Å². The first-order chi connectivity index (χ1) is 15.4. The number of anilines is 1. The van der Waals surface area contributed by atoms with Gasteiger partial charge in [0.1, 0.15) is 17.7 Å². The molecule has 1 saturated heterocycles. The number of hydrogen-bond acceptors (Lipinski definition) is 7. The lowest BCUT2D eigenvalue weighted by Crippen LogP contribution is -2.44. The first kappa shape index (κ1) is 24.7. The SMILES string of the molecule is CCOC(=O)CC(=O)c1cc(F)c(N2CC(NC(=O)OC(C)(C)C)C3(CC3)C2)c(OC)c1F. The molecular formula is C23H30F2N2O6. The highest BCUT2D eigenvalue weighted by Crippen LogP contribution is 2.55. The number of benzene rings is 1. The third-order valence-corrected chi connectivity index (χ3v) is 5.81. The van der Waals surface area contributed by atoms with Crippen LogP contribution < -0.4 is 15.0 Å². The number of halogens is 2. The lowest BCUT2D eigenvalue weighted by Gasteiger charge is -2.24. The summed E-state index contributed by atoms with van der Waals surface area (Å²) in [7, 11) is 1.18. The van der Waals surface area contributed by atoms with E-state index in [-0.39, 0.29) is 30.3 Å². The predicted molar refractivity (Wildman–Crippen MR) is 116 cm³/mol. The summed E-state index contributed by atoms with van der Waals surface area (Å²) in [4.78, 5) is 37.9. The van der Waals surface area contributed by atoms with Gasteiger partial charge in [0.15, 0.2) is 23.2 Å². The minimum Gasteiger partial charge on any atom is -0.491 e. The number of alkyl carbamates (subject to hydrolysis) is 1. The summed E-state index contributed by atoms with van der Waals surface area (Å²) in [6.45, 7) is 7.53. The van der Waals surface area contributed by atoms with E-state index in [0.29, 0.717) is 6.54 Å². The van der Waals surface area contributed by atoms with Crippen LogP contribution in [0.1, 0.15) is 57.3 Å². The molecule has 1 aromatic rings. The molecule has 8 nitrogen and oxygen atoms in total. The van der Waals surface area contributed by atoms with Gasteiger partial charge < -0.3 is 24.4 Å². The number of carbonyl (C=O) groups excluding carboxylic acids is 3. The van der Waals surface area contributed by atoms with E-state index in [2.05, 4.69) is 5.32 Å². The molecule has 0 bridgehead atoms. The Morgan fingerprint density at radius 3 is 2.45 bits per heavy atom. The van der Waals surface area contributed by atoms with Crippen LogP contribution in [0.4, 0.5) is 19.3 Å². The summed E-state index contributed by atoms with van der Waals surface area (Å²) < 4.78 is 45.6. The van der Waals surface area contributed by atoms with Crippen LogP contribution in [0.2, 0.25) is 0 Å². The Morgan fingerprint density at radius 1 is 1.24 bits per heavy atom. The van der Waals surface area contributed by atoms with Crippen molar-refractivity contribution in [1.82, 2.24) is 5.32 Å². The van der Waals surface area contributed by atoms with Gasteiger partial charge in [-0.2, -0.15) is 0 Å². The molecule has 182 valence electrons. The molecule has 1 amide bonds. The van der Waals surface area contributed by atoms with Crippen LogP contribution in [-0.4, -0.2) is 56.3 Å². The standard InChI is InChI=1S/C23H30F2N2O6/c1-6-32-17(29)10-15(28)13-9-14(24)19(20(31-5)18(13)25)27-11-16(23(12-27)7-8-23)26-21(30)33-22(2,3)4/h9,16H,6-8,10-12H2,1-5H3,(H,26,30). The molecule has 3 rings (SSSR count). The molecule has 2 fully saturated rings. The van der Waals surface area contributed by atoms with Gasteiger partial charge in [-0.3, -0.25) is 9.59 Å². The number of ether oxygens (including phenoxy) is 3. The zero-order chi connectivity index (χ0) is 24.6. The molecule has 1 unspecified atom stereocenters. The Balaban J connectivity index is 1.85. The first-order valence-corrected chi connectivity index (χ1v) is 10.9. The van der Waals surface area contributed by atoms with Crippen molar-refractivity contribution in [3.8, 4) is 5.75 Å². The Hall–Kier alpha value is -2.91. The van der Waals surface area contributed by atoms with Crippen LogP contribution in [0, 0.1) is 17.0 Å². The first-order valence-electron chi connectivity index (χ1n) is 10.9. The van der Waals surface area contributed by atoms with E-state index in [0.717, 1.165) is 18.9 Å². The molecule has 10 heteroatoms. The quantitative estimate of drug-likeness (QED) is 0.371. The van der Waals surface area contributed by atoms with E-state index in [9.17, 15) is 14.4 Å². The third kappa shape index (κ3) is 5.36. The zero-order valence-corrected chi connectivity index (χ0v) is 19.5. The van der Waals surface area contributed by atoms with E-state index in [1.807, 2.05) is 0 Å². The molecule has 1 aliphatic carbocycles. The van der Waals surface area contributed by atoms with Gasteiger partial charge in [0.05, 0.1) is 25.3 Å². The second-order valence-corrected chi connectivity index (χ2v) is 9.45. The Labute approximate surface area is 191 Å². The normalized spacial score (nSPS) is 18.8. The summed E-state index contributed by atoms with van der Waals surface area (Å²) >= 11 is 0. The lowest BCUT2D eigenvalue weighted by atomic mass is 10.0. The van der Waals surface area contributed by atoms with Gasteiger partial charge in [-0.05, 0) is 46.6 Å². The molecule has 1 saturated carbocycles. The minimum absolute atomic E-state index is 0.0699. The molecule has 1 spiro atoms. The topological polar surface area (TPSA) is 94.2 Å². The average Bonchev–Trinajstić information content (AvgIpc) is 3.38. The van der Waals surface area contributed by atoms with E-state index in [4.69, 9.17) is 14.2 Å². The van der Waals surface area contributed by atoms with Gasteiger partial charge in [0.25, 0.3) is 0 Å². The van der Waals surface area contributed by atoms with E-state index in [1.54, 1.807) is 32.6 Å². The van der Waals surface area contributed by atoms with Gasteiger partial charge in [0.2, 0.25) is 0 Å². The summed E-state index contributed by atoms with van der Waals surface area (Å²) in [5.41, 5.74) is -1.63. The predicted octanol–water partition coefficient (Wildman–Crippen LogP) is 3.60. The molecule has 1 atom stereocenters. The number of rotatable bonds is 7. The highest BCUT2D eigenvalue weighted by Gasteiger charge is 2.56. The van der Waals surface area contributed by atoms with Gasteiger partial charge in [-0.15, -0.1) is 0 Å². The summed E-state index contributed by atoms with van der Waals surface area (Å²) in [6, 6.07) is 0.466. The second kappa shape index (κ2) is 9.15. The van der Waals surface area contributed by atoms with Crippen molar-refractivity contribution in [3.63, 3.8) is 0 Å². The molecule has 0 aromatic heterocycles. The van der Waals surface area contributed by atoms with Crippen molar-refractivity contribution in [2.45, 2.75) is 58.6 Å². The number of amides is 1. The van der Waals surface area contributed by atoms with Crippen molar-refractivity contribution in [2.75, 3.05) is 31.7 Å². The lowest BCUT2D eigenvalue weighted by molar-refractivity contribution is -0.141. The zero-order valence-electron chi connectivity index (χ0n) is 19.5. The number of nitrogens with one attached hydrogen (secondary N) is 1. The van der Waals surface area contributed by atoms with Crippen LogP contribution in [0.15, 0.2) is 6.07 Å². The summed E-state index contributed by atoms with van der Waals surface area (Å²) in [5, 5.41) is 2.86. The average molecular weight is 468 g/mol. The number of carbonyl (C=O) groups is 3. The Bertz CT molecular complexity index is 955. The second-order valence-electron chi connectivity index (χ2n) is 9.45. The number of esters is 1. The number of methoxy groups -OCH3 is 1. The molecule has 0 radical (unpaired) electrons. The minimum atomic E-state index is -1.04. The molecule has 1 N–H and O–H groups in total. The Morgan fingerprint density at radius 2 is 1.91 bits per heavy atom. The van der Waals surface area contributed by atoms with Gasteiger partial charge in [-0.25, -0.2) is 13.6 Å². The highest BCUT2D eigenvalue weighted by atomic mass is 19.1. The molecule has 33 heavy (non-hydrogen) atoms. The van der Waals surface area contributed by atoms with Crippen LogP contribution in [-0.2, 0) is 14.3 Å². The van der Waals surface area contributed by atoms with Gasteiger partial charge >= 0.3 is 12.1 Å². The van der Waals surface area contributed by atoms with E-state index >= 15 is 8.78 Å². The Kier molecular flexibility index (Phi) is 6.85. The number of Topliss-reactive ketones (excluding diaryl/α,β-unsaturated/α-hetero) is 1. The van der Waals surface area contributed by atoms with Crippen molar-refractivity contribution in [1.29, 1.82) is 0 Å². The maximum atomic E-state index is 15.2. The fourth-order valence-electron chi connectivity index (χ4n) is 4.17. The van der Waals surface area contributed by atoms with Crippen LogP contribution in [0.5, 0.6) is 5.75 Å². The maximum Gasteiger partial charge on any atom is 0.407 e. The summed E-state index contributed by atoms with van der Waals surface area (Å²) in [5.74, 6) is -4.04. The molecule has 1 aromatic carbocycles. The van der Waals surface area contributed by atoms with E-state index in [1.165, 1.54) is 7.11 Å². The molecule has 1 heterocycles. The maximum absolute atomic E-state index is 15.2. The third-order valence-electron chi connectivity index (χ3n) is 5.81. The fourth-order valence-corrected chi connectivity index (χ4v) is 4.17. The number of ketones is 1. The molecule has 1 aliphatic heterocycles. The van der Waals surface area contributed by atoms with Gasteiger partial charge in [-0.1, -0.05) is 0 Å². The highest BCUT2D eigenvalue weighted by molar-refractivity contribution is 6.06. The smallest absolute Gasteiger partial charge is 0.407 e. The number of hydrogen-bond donors (Lipinski definition) is 1. The molecule has 2 aliphatic rings.